The molecular weight excluding hydrogens is 324 g/mol. The number of carbonyl (C=O) groups is 1. The second kappa shape index (κ2) is 7.23. The van der Waals surface area contributed by atoms with Gasteiger partial charge in [-0.3, -0.25) is 4.79 Å². The van der Waals surface area contributed by atoms with Crippen LogP contribution in [-0.4, -0.2) is 37.3 Å². The third-order valence-electron chi connectivity index (χ3n) is 5.14. The predicted octanol–water partition coefficient (Wildman–Crippen LogP) is 2.92. The number of nitrogens with zero attached hydrogens (tertiary/aromatic N) is 1. The Balaban J connectivity index is 1.80. The molecule has 1 aliphatic carbocycles. The highest BCUT2D eigenvalue weighted by molar-refractivity contribution is 7.89. The van der Waals surface area contributed by atoms with Crippen LogP contribution in [0.3, 0.4) is 0 Å². The summed E-state index contributed by atoms with van der Waals surface area (Å²) < 4.78 is 27.4. The van der Waals surface area contributed by atoms with E-state index in [9.17, 15) is 13.2 Å². The van der Waals surface area contributed by atoms with Gasteiger partial charge in [-0.15, -0.1) is 0 Å². The lowest BCUT2D eigenvalue weighted by Crippen LogP contribution is -2.42. The average Bonchev–Trinajstić information content (AvgIpc) is 3.08. The number of rotatable bonds is 4. The van der Waals surface area contributed by atoms with Crippen molar-refractivity contribution < 1.29 is 13.2 Å². The molecule has 1 heterocycles. The van der Waals surface area contributed by atoms with Gasteiger partial charge in [0.1, 0.15) is 0 Å². The highest BCUT2D eigenvalue weighted by atomic mass is 32.2. The molecule has 1 atom stereocenters. The van der Waals surface area contributed by atoms with Gasteiger partial charge in [0.05, 0.1) is 4.90 Å². The fourth-order valence-corrected chi connectivity index (χ4v) is 5.45. The van der Waals surface area contributed by atoms with Crippen molar-refractivity contribution in [1.29, 1.82) is 0 Å². The van der Waals surface area contributed by atoms with Crippen molar-refractivity contribution in [1.82, 2.24) is 9.62 Å². The maximum absolute atomic E-state index is 12.9. The third-order valence-corrected chi connectivity index (χ3v) is 7.14. The van der Waals surface area contributed by atoms with Crippen LogP contribution in [-0.2, 0) is 10.0 Å². The number of benzene rings is 1. The van der Waals surface area contributed by atoms with Crippen molar-refractivity contribution in [2.24, 2.45) is 0 Å². The summed E-state index contributed by atoms with van der Waals surface area (Å²) in [7, 11) is -3.54. The zero-order valence-corrected chi connectivity index (χ0v) is 15.0. The van der Waals surface area contributed by atoms with E-state index < -0.39 is 10.0 Å². The van der Waals surface area contributed by atoms with Gasteiger partial charge in [-0.05, 0) is 50.8 Å². The second-order valence-corrected chi connectivity index (χ2v) is 8.83. The zero-order chi connectivity index (χ0) is 17.2. The molecule has 0 spiro atoms. The standard InChI is InChI=1S/C18H26N2O3S/c1-14-7-4-5-12-20(14)24(22,23)17-11-6-8-15(13-17)18(21)19-16-9-2-3-10-16/h6,8,11,13-14,16H,2-5,7,9-10,12H2,1H3,(H,19,21)/t14-/m0/s1. The molecule has 1 N–H and O–H groups in total. The summed E-state index contributed by atoms with van der Waals surface area (Å²) in [6, 6.07) is 6.68. The van der Waals surface area contributed by atoms with Crippen LogP contribution in [0.5, 0.6) is 0 Å². The van der Waals surface area contributed by atoms with Crippen molar-refractivity contribution in [2.45, 2.75) is 68.8 Å². The highest BCUT2D eigenvalue weighted by Crippen LogP contribution is 2.25. The number of piperidine rings is 1. The minimum atomic E-state index is -3.54. The quantitative estimate of drug-likeness (QED) is 0.908. The van der Waals surface area contributed by atoms with Crippen LogP contribution < -0.4 is 5.32 Å². The van der Waals surface area contributed by atoms with Crippen LogP contribution in [0.15, 0.2) is 29.2 Å². The molecular formula is C18H26N2O3S. The second-order valence-electron chi connectivity index (χ2n) is 6.94. The molecule has 2 aliphatic rings. The van der Waals surface area contributed by atoms with E-state index in [2.05, 4.69) is 5.32 Å². The summed E-state index contributed by atoms with van der Waals surface area (Å²) in [5.41, 5.74) is 0.424. The van der Waals surface area contributed by atoms with Crippen LogP contribution in [0.1, 0.15) is 62.2 Å². The number of carbonyl (C=O) groups excluding carboxylic acids is 1. The molecule has 2 fully saturated rings. The number of sulfonamides is 1. The minimum Gasteiger partial charge on any atom is -0.349 e. The summed E-state index contributed by atoms with van der Waals surface area (Å²) in [5.74, 6) is -0.175. The number of hydrogen-bond donors (Lipinski definition) is 1. The van der Waals surface area contributed by atoms with Gasteiger partial charge in [-0.2, -0.15) is 4.31 Å². The van der Waals surface area contributed by atoms with Gasteiger partial charge in [0.25, 0.3) is 5.91 Å². The maximum atomic E-state index is 12.9. The van der Waals surface area contributed by atoms with E-state index in [0.29, 0.717) is 12.1 Å². The smallest absolute Gasteiger partial charge is 0.251 e. The maximum Gasteiger partial charge on any atom is 0.251 e. The molecule has 24 heavy (non-hydrogen) atoms. The Hall–Kier alpha value is -1.40. The molecule has 1 aliphatic heterocycles. The Morgan fingerprint density at radius 1 is 1.12 bits per heavy atom. The van der Waals surface area contributed by atoms with Gasteiger partial charge in [0.15, 0.2) is 0 Å². The molecule has 1 amide bonds. The van der Waals surface area contributed by atoms with E-state index >= 15 is 0 Å². The van der Waals surface area contributed by atoms with E-state index in [1.165, 1.54) is 6.07 Å². The summed E-state index contributed by atoms with van der Waals surface area (Å²) in [5, 5.41) is 3.01. The molecule has 132 valence electrons. The molecule has 1 saturated heterocycles. The van der Waals surface area contributed by atoms with Crippen molar-refractivity contribution in [3.05, 3.63) is 29.8 Å². The number of hydrogen-bond acceptors (Lipinski definition) is 3. The van der Waals surface area contributed by atoms with Gasteiger partial charge in [0, 0.05) is 24.2 Å². The summed E-state index contributed by atoms with van der Waals surface area (Å²) >= 11 is 0. The van der Waals surface area contributed by atoms with Crippen LogP contribution in [0.2, 0.25) is 0 Å². The Bertz CT molecular complexity index is 696. The first-order valence-corrected chi connectivity index (χ1v) is 10.4. The topological polar surface area (TPSA) is 66.5 Å². The number of amides is 1. The Labute approximate surface area is 144 Å². The van der Waals surface area contributed by atoms with E-state index in [4.69, 9.17) is 0 Å². The molecule has 0 aromatic heterocycles. The average molecular weight is 350 g/mol. The Kier molecular flexibility index (Phi) is 5.25. The molecule has 1 aromatic carbocycles. The van der Waals surface area contributed by atoms with E-state index in [1.807, 2.05) is 6.92 Å². The van der Waals surface area contributed by atoms with Crippen molar-refractivity contribution in [3.63, 3.8) is 0 Å². The van der Waals surface area contributed by atoms with Crippen LogP contribution >= 0.6 is 0 Å². The van der Waals surface area contributed by atoms with E-state index in [-0.39, 0.29) is 22.9 Å². The van der Waals surface area contributed by atoms with Crippen LogP contribution in [0, 0.1) is 0 Å². The summed E-state index contributed by atoms with van der Waals surface area (Å²) in [4.78, 5) is 12.6. The Morgan fingerprint density at radius 3 is 2.54 bits per heavy atom. The minimum absolute atomic E-state index is 0.0136. The lowest BCUT2D eigenvalue weighted by Gasteiger charge is -2.32. The monoisotopic (exact) mass is 350 g/mol. The lowest BCUT2D eigenvalue weighted by molar-refractivity contribution is 0.0937. The van der Waals surface area contributed by atoms with Gasteiger partial charge in [0.2, 0.25) is 10.0 Å². The molecule has 5 nitrogen and oxygen atoms in total. The van der Waals surface area contributed by atoms with Gasteiger partial charge < -0.3 is 5.32 Å². The van der Waals surface area contributed by atoms with E-state index in [1.54, 1.807) is 22.5 Å². The van der Waals surface area contributed by atoms with Crippen molar-refractivity contribution in [3.8, 4) is 0 Å². The molecule has 0 unspecified atom stereocenters. The molecule has 0 radical (unpaired) electrons. The normalized spacial score (nSPS) is 23.3. The SMILES string of the molecule is C[C@H]1CCCCN1S(=O)(=O)c1cccc(C(=O)NC2CCCC2)c1. The molecule has 6 heteroatoms. The zero-order valence-electron chi connectivity index (χ0n) is 14.2. The first-order chi connectivity index (χ1) is 11.5. The molecule has 0 bridgehead atoms. The highest BCUT2D eigenvalue weighted by Gasteiger charge is 2.31. The molecule has 3 rings (SSSR count). The van der Waals surface area contributed by atoms with Crippen molar-refractivity contribution >= 4 is 15.9 Å². The predicted molar refractivity (Wildman–Crippen MR) is 93.4 cm³/mol. The van der Waals surface area contributed by atoms with Gasteiger partial charge in [-0.25, -0.2) is 8.42 Å². The van der Waals surface area contributed by atoms with Crippen LogP contribution in [0.4, 0.5) is 0 Å². The summed E-state index contributed by atoms with van der Waals surface area (Å²) in [6.07, 6.45) is 7.16. The van der Waals surface area contributed by atoms with Gasteiger partial charge >= 0.3 is 0 Å². The van der Waals surface area contributed by atoms with Crippen LogP contribution in [0.25, 0.3) is 0 Å². The fraction of sp³-hybridized carbons (Fsp3) is 0.611. The van der Waals surface area contributed by atoms with Gasteiger partial charge in [-0.1, -0.05) is 25.3 Å². The lowest BCUT2D eigenvalue weighted by atomic mass is 10.1. The molecule has 1 aromatic rings. The molecule has 1 saturated carbocycles. The summed E-state index contributed by atoms with van der Waals surface area (Å²) in [6.45, 7) is 2.51. The number of nitrogens with one attached hydrogen (secondary N) is 1. The largest absolute Gasteiger partial charge is 0.349 e. The van der Waals surface area contributed by atoms with E-state index in [0.717, 1.165) is 44.9 Å². The third kappa shape index (κ3) is 3.64. The first-order valence-electron chi connectivity index (χ1n) is 8.91. The Morgan fingerprint density at radius 2 is 1.83 bits per heavy atom. The van der Waals surface area contributed by atoms with Crippen molar-refractivity contribution in [2.75, 3.05) is 6.54 Å². The fourth-order valence-electron chi connectivity index (χ4n) is 3.70. The first kappa shape index (κ1) is 17.4.